The summed E-state index contributed by atoms with van der Waals surface area (Å²) < 4.78 is 10.4. The molecular formula is C12H18O3. The molecule has 0 saturated heterocycles. The Kier molecular flexibility index (Phi) is 3.10. The van der Waals surface area contributed by atoms with Crippen LogP contribution in [0.5, 0.6) is 0 Å². The summed E-state index contributed by atoms with van der Waals surface area (Å²) in [5.74, 6) is 0.558. The SMILES string of the molecule is CCOCCOC(=O)C12C=CC(CC1)C2. The molecule has 1 fully saturated rings. The first-order valence-electron chi connectivity index (χ1n) is 5.71. The monoisotopic (exact) mass is 210 g/mol. The number of fused-ring (bicyclic) bond motifs is 2. The molecule has 2 aliphatic rings. The van der Waals surface area contributed by atoms with E-state index >= 15 is 0 Å². The van der Waals surface area contributed by atoms with E-state index in [0.717, 1.165) is 19.3 Å². The lowest BCUT2D eigenvalue weighted by atomic mass is 9.88. The minimum atomic E-state index is -0.281. The molecule has 0 amide bonds. The third-order valence-corrected chi connectivity index (χ3v) is 3.35. The molecule has 0 aromatic heterocycles. The zero-order chi connectivity index (χ0) is 10.7. The third-order valence-electron chi connectivity index (χ3n) is 3.35. The maximum Gasteiger partial charge on any atom is 0.316 e. The molecule has 0 aromatic carbocycles. The molecule has 84 valence electrons. The molecule has 0 heterocycles. The number of carbonyl (C=O) groups excluding carboxylic acids is 1. The van der Waals surface area contributed by atoms with Gasteiger partial charge in [0.1, 0.15) is 6.61 Å². The van der Waals surface area contributed by atoms with Gasteiger partial charge in [0.25, 0.3) is 0 Å². The average Bonchev–Trinajstić information content (AvgIpc) is 2.85. The van der Waals surface area contributed by atoms with E-state index < -0.39 is 0 Å². The van der Waals surface area contributed by atoms with Gasteiger partial charge in [-0.2, -0.15) is 0 Å². The fourth-order valence-corrected chi connectivity index (χ4v) is 2.49. The van der Waals surface area contributed by atoms with Crippen LogP contribution in [0.4, 0.5) is 0 Å². The van der Waals surface area contributed by atoms with Crippen molar-refractivity contribution in [1.29, 1.82) is 0 Å². The van der Waals surface area contributed by atoms with Crippen molar-refractivity contribution in [3.05, 3.63) is 12.2 Å². The minimum absolute atomic E-state index is 0.0570. The Hall–Kier alpha value is -0.830. The van der Waals surface area contributed by atoms with Gasteiger partial charge in [0.2, 0.25) is 0 Å². The van der Waals surface area contributed by atoms with Gasteiger partial charge < -0.3 is 9.47 Å². The Morgan fingerprint density at radius 1 is 1.53 bits per heavy atom. The molecule has 2 bridgehead atoms. The van der Waals surface area contributed by atoms with Gasteiger partial charge in [-0.05, 0) is 32.1 Å². The van der Waals surface area contributed by atoms with E-state index in [1.807, 2.05) is 13.0 Å². The van der Waals surface area contributed by atoms with Gasteiger partial charge in [-0.25, -0.2) is 0 Å². The second kappa shape index (κ2) is 4.35. The van der Waals surface area contributed by atoms with Crippen LogP contribution in [0.2, 0.25) is 0 Å². The van der Waals surface area contributed by atoms with Crippen molar-refractivity contribution in [3.8, 4) is 0 Å². The Morgan fingerprint density at radius 3 is 2.93 bits per heavy atom. The zero-order valence-electron chi connectivity index (χ0n) is 9.20. The summed E-state index contributed by atoms with van der Waals surface area (Å²) in [6, 6.07) is 0. The van der Waals surface area contributed by atoms with Gasteiger partial charge >= 0.3 is 5.97 Å². The minimum Gasteiger partial charge on any atom is -0.463 e. The second-order valence-corrected chi connectivity index (χ2v) is 4.35. The van der Waals surface area contributed by atoms with E-state index in [1.54, 1.807) is 0 Å². The largest absolute Gasteiger partial charge is 0.463 e. The Balaban J connectivity index is 1.79. The van der Waals surface area contributed by atoms with E-state index in [2.05, 4.69) is 6.08 Å². The maximum absolute atomic E-state index is 11.9. The van der Waals surface area contributed by atoms with Crippen molar-refractivity contribution in [2.75, 3.05) is 19.8 Å². The molecule has 0 aliphatic heterocycles. The Labute approximate surface area is 90.4 Å². The number of ether oxygens (including phenoxy) is 2. The normalized spacial score (nSPS) is 32.2. The molecule has 15 heavy (non-hydrogen) atoms. The van der Waals surface area contributed by atoms with Gasteiger partial charge in [0.05, 0.1) is 12.0 Å². The number of carbonyl (C=O) groups is 1. The summed E-state index contributed by atoms with van der Waals surface area (Å²) in [6.45, 7) is 3.49. The van der Waals surface area contributed by atoms with Crippen molar-refractivity contribution < 1.29 is 14.3 Å². The lowest BCUT2D eigenvalue weighted by Crippen LogP contribution is -2.28. The molecule has 1 saturated carbocycles. The van der Waals surface area contributed by atoms with Crippen LogP contribution >= 0.6 is 0 Å². The van der Waals surface area contributed by atoms with E-state index in [9.17, 15) is 4.79 Å². The molecule has 3 heteroatoms. The molecule has 3 nitrogen and oxygen atoms in total. The summed E-state index contributed by atoms with van der Waals surface area (Å²) in [6.07, 6.45) is 7.26. The summed E-state index contributed by atoms with van der Waals surface area (Å²) in [7, 11) is 0. The van der Waals surface area contributed by atoms with Gasteiger partial charge in [-0.1, -0.05) is 12.2 Å². The summed E-state index contributed by atoms with van der Waals surface area (Å²) in [4.78, 5) is 11.9. The molecule has 0 radical (unpaired) electrons. The first-order chi connectivity index (χ1) is 7.27. The standard InChI is InChI=1S/C12H18O3/c1-2-14-7-8-15-11(13)12-5-3-10(9-12)4-6-12/h3,5,10H,2,4,6-9H2,1H3. The quantitative estimate of drug-likeness (QED) is 0.395. The fourth-order valence-electron chi connectivity index (χ4n) is 2.49. The van der Waals surface area contributed by atoms with Crippen molar-refractivity contribution in [3.63, 3.8) is 0 Å². The van der Waals surface area contributed by atoms with Gasteiger partial charge in [0.15, 0.2) is 0 Å². The summed E-state index contributed by atoms with van der Waals surface area (Å²) in [5, 5.41) is 0. The maximum atomic E-state index is 11.9. The highest BCUT2D eigenvalue weighted by Gasteiger charge is 2.47. The lowest BCUT2D eigenvalue weighted by Gasteiger charge is -2.20. The molecule has 2 atom stereocenters. The lowest BCUT2D eigenvalue weighted by molar-refractivity contribution is -0.154. The van der Waals surface area contributed by atoms with Crippen LogP contribution in [0.25, 0.3) is 0 Å². The third kappa shape index (κ3) is 2.07. The topological polar surface area (TPSA) is 35.5 Å². The van der Waals surface area contributed by atoms with Gasteiger partial charge in [-0.15, -0.1) is 0 Å². The number of hydrogen-bond donors (Lipinski definition) is 0. The second-order valence-electron chi connectivity index (χ2n) is 4.35. The van der Waals surface area contributed by atoms with Crippen LogP contribution < -0.4 is 0 Å². The molecule has 0 spiro atoms. The molecule has 2 aliphatic carbocycles. The van der Waals surface area contributed by atoms with Crippen molar-refractivity contribution in [2.24, 2.45) is 11.3 Å². The summed E-state index contributed by atoms with van der Waals surface area (Å²) in [5.41, 5.74) is -0.281. The smallest absolute Gasteiger partial charge is 0.316 e. The van der Waals surface area contributed by atoms with Gasteiger partial charge in [0, 0.05) is 6.61 Å². The molecule has 2 unspecified atom stereocenters. The molecule has 0 aromatic rings. The summed E-state index contributed by atoms with van der Waals surface area (Å²) >= 11 is 0. The first-order valence-corrected chi connectivity index (χ1v) is 5.71. The predicted molar refractivity (Wildman–Crippen MR) is 56.4 cm³/mol. The molecule has 2 rings (SSSR count). The van der Waals surface area contributed by atoms with Crippen LogP contribution in [0.15, 0.2) is 12.2 Å². The van der Waals surface area contributed by atoms with Crippen molar-refractivity contribution >= 4 is 5.97 Å². The van der Waals surface area contributed by atoms with Crippen LogP contribution in [-0.4, -0.2) is 25.8 Å². The van der Waals surface area contributed by atoms with E-state index in [0.29, 0.717) is 25.7 Å². The van der Waals surface area contributed by atoms with E-state index in [4.69, 9.17) is 9.47 Å². The Morgan fingerprint density at radius 2 is 2.40 bits per heavy atom. The highest BCUT2D eigenvalue weighted by Crippen LogP contribution is 2.49. The molecular weight excluding hydrogens is 192 g/mol. The van der Waals surface area contributed by atoms with Crippen molar-refractivity contribution in [1.82, 2.24) is 0 Å². The van der Waals surface area contributed by atoms with Crippen LogP contribution in [0.3, 0.4) is 0 Å². The number of allylic oxidation sites excluding steroid dienone is 1. The fraction of sp³-hybridized carbons (Fsp3) is 0.750. The van der Waals surface area contributed by atoms with E-state index in [-0.39, 0.29) is 11.4 Å². The van der Waals surface area contributed by atoms with Crippen molar-refractivity contribution in [2.45, 2.75) is 26.2 Å². The Bertz CT molecular complexity index is 272. The highest BCUT2D eigenvalue weighted by atomic mass is 16.6. The first kappa shape index (κ1) is 10.7. The molecule has 0 N–H and O–H groups in total. The predicted octanol–water partition coefficient (Wildman–Crippen LogP) is 1.92. The highest BCUT2D eigenvalue weighted by molar-refractivity contribution is 5.80. The number of hydrogen-bond acceptors (Lipinski definition) is 3. The van der Waals surface area contributed by atoms with Crippen LogP contribution in [-0.2, 0) is 14.3 Å². The number of rotatable bonds is 5. The van der Waals surface area contributed by atoms with Gasteiger partial charge in [-0.3, -0.25) is 4.79 Å². The average molecular weight is 210 g/mol. The van der Waals surface area contributed by atoms with Crippen LogP contribution in [0.1, 0.15) is 26.2 Å². The number of esters is 1. The zero-order valence-corrected chi connectivity index (χ0v) is 9.20. The van der Waals surface area contributed by atoms with E-state index in [1.165, 1.54) is 0 Å². The van der Waals surface area contributed by atoms with Crippen LogP contribution in [0, 0.1) is 11.3 Å².